The quantitative estimate of drug-likeness (QED) is 0.697. The molecule has 1 atom stereocenters. The highest BCUT2D eigenvalue weighted by atomic mass is 32.2. The van der Waals surface area contributed by atoms with Crippen LogP contribution in [0.2, 0.25) is 0 Å². The number of benzene rings is 1. The summed E-state index contributed by atoms with van der Waals surface area (Å²) >= 11 is 1.72. The van der Waals surface area contributed by atoms with Gasteiger partial charge in [-0.25, -0.2) is 9.97 Å². The summed E-state index contributed by atoms with van der Waals surface area (Å²) in [5, 5.41) is 5.37. The van der Waals surface area contributed by atoms with E-state index >= 15 is 0 Å². The van der Waals surface area contributed by atoms with E-state index in [1.807, 2.05) is 30.3 Å². The Morgan fingerprint density at radius 2 is 1.90 bits per heavy atom. The summed E-state index contributed by atoms with van der Waals surface area (Å²) in [6, 6.07) is 8.84. The summed E-state index contributed by atoms with van der Waals surface area (Å²) in [5.74, 6) is 1.86. The highest BCUT2D eigenvalue weighted by Crippen LogP contribution is 2.24. The Labute approximate surface area is 180 Å². The Hall–Kier alpha value is -2.65. The number of morpholine rings is 1. The number of carbonyl (C=O) groups is 2. The van der Waals surface area contributed by atoms with Gasteiger partial charge in [0.05, 0.1) is 18.9 Å². The topological polar surface area (TPSA) is 96.5 Å². The number of nitrogens with one attached hydrogen (secondary N) is 2. The molecule has 0 bridgehead atoms. The number of nitrogens with zero attached hydrogens (tertiary/aromatic N) is 3. The van der Waals surface area contributed by atoms with Crippen molar-refractivity contribution < 1.29 is 14.3 Å². The minimum atomic E-state index is -0.607. The van der Waals surface area contributed by atoms with Crippen LogP contribution in [0.15, 0.2) is 30.3 Å². The van der Waals surface area contributed by atoms with E-state index in [2.05, 4.69) is 21.8 Å². The third-order valence-corrected chi connectivity index (χ3v) is 5.20. The average molecular weight is 430 g/mol. The van der Waals surface area contributed by atoms with Gasteiger partial charge in [-0.05, 0) is 37.4 Å². The molecule has 2 aromatic rings. The fourth-order valence-corrected chi connectivity index (χ4v) is 3.56. The molecule has 1 unspecified atom stereocenters. The lowest BCUT2D eigenvalue weighted by atomic mass is 10.1. The predicted molar refractivity (Wildman–Crippen MR) is 120 cm³/mol. The zero-order valence-electron chi connectivity index (χ0n) is 17.5. The molecule has 0 aliphatic carbocycles. The molecule has 2 N–H and O–H groups in total. The lowest BCUT2D eigenvalue weighted by molar-refractivity contribution is -0.124. The van der Waals surface area contributed by atoms with Crippen molar-refractivity contribution in [1.29, 1.82) is 0 Å². The molecule has 1 aromatic heterocycles. The summed E-state index contributed by atoms with van der Waals surface area (Å²) in [4.78, 5) is 35.0. The van der Waals surface area contributed by atoms with Crippen molar-refractivity contribution in [3.63, 3.8) is 0 Å². The van der Waals surface area contributed by atoms with Crippen molar-refractivity contribution in [2.45, 2.75) is 25.6 Å². The molecule has 1 fully saturated rings. The molecule has 9 heteroatoms. The number of anilines is 2. The van der Waals surface area contributed by atoms with Crippen molar-refractivity contribution in [2.24, 2.45) is 0 Å². The minimum absolute atomic E-state index is 0.244. The van der Waals surface area contributed by atoms with Gasteiger partial charge in [-0.3, -0.25) is 9.59 Å². The summed E-state index contributed by atoms with van der Waals surface area (Å²) in [6.45, 7) is 6.04. The van der Waals surface area contributed by atoms with Crippen LogP contribution in [0.3, 0.4) is 0 Å². The van der Waals surface area contributed by atoms with Crippen molar-refractivity contribution >= 4 is 35.1 Å². The van der Waals surface area contributed by atoms with E-state index in [1.54, 1.807) is 18.7 Å². The van der Waals surface area contributed by atoms with Gasteiger partial charge in [0.1, 0.15) is 11.9 Å². The highest BCUT2D eigenvalue weighted by Gasteiger charge is 2.16. The van der Waals surface area contributed by atoms with E-state index in [4.69, 9.17) is 14.7 Å². The van der Waals surface area contributed by atoms with Gasteiger partial charge >= 0.3 is 0 Å². The lowest BCUT2D eigenvalue weighted by Crippen LogP contribution is -2.40. The largest absolute Gasteiger partial charge is 0.378 e. The van der Waals surface area contributed by atoms with Crippen LogP contribution >= 0.6 is 11.8 Å². The normalized spacial score (nSPS) is 14.8. The molecule has 1 aromatic carbocycles. The maximum Gasteiger partial charge on any atom is 0.246 e. The second kappa shape index (κ2) is 10.4. The number of hydrogen-bond acceptors (Lipinski definition) is 7. The van der Waals surface area contributed by atoms with E-state index in [1.165, 1.54) is 6.92 Å². The standard InChI is InChI=1S/C21H27N5O3S/c1-14(22-15(2)27)21(28)24-17-6-4-16(5-7-17)20-23-18(13-30-3)12-19(25-20)26-8-10-29-11-9-26/h4-7,12,14H,8-11,13H2,1-3H3,(H,22,27)(H,24,28). The van der Waals surface area contributed by atoms with Gasteiger partial charge in [0, 0.05) is 43.1 Å². The zero-order chi connectivity index (χ0) is 21.5. The smallest absolute Gasteiger partial charge is 0.246 e. The van der Waals surface area contributed by atoms with Gasteiger partial charge in [0.2, 0.25) is 11.8 Å². The number of hydrogen-bond donors (Lipinski definition) is 2. The van der Waals surface area contributed by atoms with Crippen LogP contribution in [-0.4, -0.2) is 60.4 Å². The molecule has 0 saturated carbocycles. The van der Waals surface area contributed by atoms with Crippen LogP contribution in [0, 0.1) is 0 Å². The number of rotatable bonds is 7. The van der Waals surface area contributed by atoms with Crippen LogP contribution in [0.5, 0.6) is 0 Å². The van der Waals surface area contributed by atoms with Gasteiger partial charge in [0.25, 0.3) is 0 Å². The van der Waals surface area contributed by atoms with E-state index < -0.39 is 6.04 Å². The molecular weight excluding hydrogens is 402 g/mol. The van der Waals surface area contributed by atoms with Gasteiger partial charge in [-0.2, -0.15) is 11.8 Å². The number of thioether (sulfide) groups is 1. The fraction of sp³-hybridized carbons (Fsp3) is 0.429. The number of aromatic nitrogens is 2. The lowest BCUT2D eigenvalue weighted by Gasteiger charge is -2.28. The third-order valence-electron chi connectivity index (χ3n) is 4.62. The molecule has 1 aliphatic rings. The molecule has 8 nitrogen and oxygen atoms in total. The van der Waals surface area contributed by atoms with Gasteiger partial charge in [-0.1, -0.05) is 0 Å². The van der Waals surface area contributed by atoms with Crippen LogP contribution in [0.25, 0.3) is 11.4 Å². The van der Waals surface area contributed by atoms with Crippen molar-refractivity contribution in [3.8, 4) is 11.4 Å². The van der Waals surface area contributed by atoms with Crippen molar-refractivity contribution in [3.05, 3.63) is 36.0 Å². The molecular formula is C21H27N5O3S. The first-order valence-corrected chi connectivity index (χ1v) is 11.2. The number of carbonyl (C=O) groups excluding carboxylic acids is 2. The van der Waals surface area contributed by atoms with Gasteiger partial charge in [-0.15, -0.1) is 0 Å². The molecule has 30 heavy (non-hydrogen) atoms. The van der Waals surface area contributed by atoms with Gasteiger partial charge < -0.3 is 20.3 Å². The first-order chi connectivity index (χ1) is 14.5. The van der Waals surface area contributed by atoms with E-state index in [0.29, 0.717) is 24.7 Å². The monoisotopic (exact) mass is 429 g/mol. The molecule has 1 saturated heterocycles. The van der Waals surface area contributed by atoms with Crippen LogP contribution < -0.4 is 15.5 Å². The molecule has 3 rings (SSSR count). The second-order valence-electron chi connectivity index (χ2n) is 7.06. The van der Waals surface area contributed by atoms with E-state index in [9.17, 15) is 9.59 Å². The predicted octanol–water partition coefficient (Wildman–Crippen LogP) is 2.31. The molecule has 0 radical (unpaired) electrons. The highest BCUT2D eigenvalue weighted by molar-refractivity contribution is 7.97. The molecule has 2 amide bonds. The number of amides is 2. The van der Waals surface area contributed by atoms with Crippen LogP contribution in [0.4, 0.5) is 11.5 Å². The zero-order valence-corrected chi connectivity index (χ0v) is 18.3. The molecule has 2 heterocycles. The summed E-state index contributed by atoms with van der Waals surface area (Å²) in [5.41, 5.74) is 2.51. The summed E-state index contributed by atoms with van der Waals surface area (Å²) in [7, 11) is 0. The van der Waals surface area contributed by atoms with Gasteiger partial charge in [0.15, 0.2) is 5.82 Å². The Morgan fingerprint density at radius 3 is 2.53 bits per heavy atom. The maximum absolute atomic E-state index is 12.2. The van der Waals surface area contributed by atoms with Crippen molar-refractivity contribution in [1.82, 2.24) is 15.3 Å². The average Bonchev–Trinajstić information content (AvgIpc) is 2.74. The fourth-order valence-electron chi connectivity index (χ4n) is 3.11. The van der Waals surface area contributed by atoms with E-state index in [0.717, 1.165) is 35.9 Å². The van der Waals surface area contributed by atoms with E-state index in [-0.39, 0.29) is 11.8 Å². The molecule has 0 spiro atoms. The summed E-state index contributed by atoms with van der Waals surface area (Å²) in [6.07, 6.45) is 2.05. The van der Waals surface area contributed by atoms with Crippen LogP contribution in [-0.2, 0) is 20.1 Å². The SMILES string of the molecule is CSCc1cc(N2CCOCC2)nc(-c2ccc(NC(=O)C(C)NC(C)=O)cc2)n1. The Balaban J connectivity index is 1.78. The first-order valence-electron chi connectivity index (χ1n) is 9.84. The third kappa shape index (κ3) is 5.93. The Morgan fingerprint density at radius 1 is 1.20 bits per heavy atom. The Bertz CT molecular complexity index is 885. The second-order valence-corrected chi connectivity index (χ2v) is 7.93. The maximum atomic E-state index is 12.2. The first kappa shape index (κ1) is 22.0. The Kier molecular flexibility index (Phi) is 7.64. The molecule has 160 valence electrons. The summed E-state index contributed by atoms with van der Waals surface area (Å²) < 4.78 is 5.45. The number of ether oxygens (including phenoxy) is 1. The van der Waals surface area contributed by atoms with Crippen molar-refractivity contribution in [2.75, 3.05) is 42.8 Å². The molecule has 1 aliphatic heterocycles. The minimum Gasteiger partial charge on any atom is -0.378 e. The van der Waals surface area contributed by atoms with Crippen LogP contribution in [0.1, 0.15) is 19.5 Å².